The highest BCUT2D eigenvalue weighted by atomic mass is 32.1. The molecule has 0 radical (unpaired) electrons. The molecule has 0 spiro atoms. The van der Waals surface area contributed by atoms with Gasteiger partial charge in [-0.3, -0.25) is 19.2 Å². The minimum atomic E-state index is -0.432. The predicted molar refractivity (Wildman–Crippen MR) is 209 cm³/mol. The van der Waals surface area contributed by atoms with Crippen LogP contribution in [0.1, 0.15) is 101 Å². The van der Waals surface area contributed by atoms with Gasteiger partial charge in [0.15, 0.2) is 28.8 Å². The average molecular weight is 753 g/mol. The van der Waals surface area contributed by atoms with Crippen molar-refractivity contribution < 1.29 is 19.2 Å². The van der Waals surface area contributed by atoms with Crippen molar-refractivity contribution in [3.63, 3.8) is 0 Å². The number of nitrogens with zero attached hydrogens (tertiary/aromatic N) is 2. The van der Waals surface area contributed by atoms with Crippen molar-refractivity contribution in [2.24, 2.45) is 57.3 Å². The molecule has 51 heavy (non-hydrogen) atoms. The largest absolute Gasteiger partial charge is 0.292 e. The number of ketones is 4. The minimum Gasteiger partial charge on any atom is -0.292 e. The van der Waals surface area contributed by atoms with E-state index in [0.717, 1.165) is 41.1 Å². The molecule has 0 amide bonds. The SMILES string of the molecule is CC1(C)C(N=C2C(=O)C3CC4CCCCC4CC3C2=O)=Cc2sc3c(sc4c5sc(N=C6C(=O)C7CC8CCCCC8CC7C6=O)cc5sc34)c21. The molecule has 6 nitrogen and oxygen atoms in total. The van der Waals surface area contributed by atoms with E-state index in [-0.39, 0.29) is 58.2 Å². The van der Waals surface area contributed by atoms with Crippen molar-refractivity contribution in [1.82, 2.24) is 0 Å². The number of hydrogen-bond donors (Lipinski definition) is 0. The first-order valence-corrected chi connectivity index (χ1v) is 22.4. The number of aliphatic imine (C=N–C) groups is 2. The lowest BCUT2D eigenvalue weighted by Gasteiger charge is -2.39. The van der Waals surface area contributed by atoms with Crippen molar-refractivity contribution in [2.75, 3.05) is 0 Å². The molecule has 0 aliphatic heterocycles. The summed E-state index contributed by atoms with van der Waals surface area (Å²) in [5.74, 6) is 1.62. The molecule has 10 heteroatoms. The van der Waals surface area contributed by atoms with Crippen LogP contribution in [0.15, 0.2) is 21.7 Å². The van der Waals surface area contributed by atoms with E-state index in [0.29, 0.717) is 23.7 Å². The number of carbonyl (C=O) groups is 4. The van der Waals surface area contributed by atoms with E-state index in [4.69, 9.17) is 9.98 Å². The molecule has 7 aliphatic carbocycles. The Morgan fingerprint density at radius 1 is 0.569 bits per heavy atom. The maximum absolute atomic E-state index is 13.7. The molecule has 7 aliphatic rings. The molecule has 4 aromatic rings. The van der Waals surface area contributed by atoms with Crippen LogP contribution in [0.5, 0.6) is 0 Å². The quantitative estimate of drug-likeness (QED) is 0.204. The van der Waals surface area contributed by atoms with Gasteiger partial charge >= 0.3 is 0 Å². The molecule has 6 saturated carbocycles. The maximum atomic E-state index is 13.7. The van der Waals surface area contributed by atoms with Crippen molar-refractivity contribution in [2.45, 2.75) is 96.3 Å². The molecule has 0 aromatic carbocycles. The summed E-state index contributed by atoms with van der Waals surface area (Å²) in [6, 6.07) is 2.07. The molecule has 0 bridgehead atoms. The van der Waals surface area contributed by atoms with Crippen LogP contribution < -0.4 is 0 Å². The molecule has 0 N–H and O–H groups in total. The number of rotatable bonds is 2. The Bertz CT molecular complexity index is 2290. The standard InChI is InChI=1S/C41H40N2O4S4/c1-41(2)27(42-30-32(44)21-11-17-7-3-4-8-18(17)12-22(21)33(30)45)15-25-29(41)37-39(48-25)40-38(51-37)36-26(49-40)16-28(50-36)43-31-34(46)23-13-19-9-5-6-10-20(19)14-24(23)35(31)47/h15-24H,3-14H2,1-2H3. The summed E-state index contributed by atoms with van der Waals surface area (Å²) in [4.78, 5) is 65.4. The molecule has 11 rings (SSSR count). The summed E-state index contributed by atoms with van der Waals surface area (Å²) >= 11 is 6.95. The van der Waals surface area contributed by atoms with Gasteiger partial charge in [-0.15, -0.1) is 45.3 Å². The highest BCUT2D eigenvalue weighted by molar-refractivity contribution is 7.45. The third-order valence-corrected chi connectivity index (χ3v) is 19.4. The third kappa shape index (κ3) is 4.48. The van der Waals surface area contributed by atoms with Crippen molar-refractivity contribution in [1.29, 1.82) is 0 Å². The van der Waals surface area contributed by atoms with Gasteiger partial charge in [-0.2, -0.15) is 0 Å². The van der Waals surface area contributed by atoms with Gasteiger partial charge in [0, 0.05) is 38.7 Å². The fourth-order valence-electron chi connectivity index (χ4n) is 11.6. The Morgan fingerprint density at radius 2 is 1.04 bits per heavy atom. The Balaban J connectivity index is 0.900. The van der Waals surface area contributed by atoms with E-state index in [2.05, 4.69) is 26.0 Å². The minimum absolute atomic E-state index is 0.0139. The van der Waals surface area contributed by atoms with Crippen LogP contribution in [0.2, 0.25) is 0 Å². The lowest BCUT2D eigenvalue weighted by Crippen LogP contribution is -2.35. The first-order chi connectivity index (χ1) is 24.7. The fraction of sp³-hybridized carbons (Fsp3) is 0.561. The zero-order valence-corrected chi connectivity index (χ0v) is 32.2. The lowest BCUT2D eigenvalue weighted by atomic mass is 9.64. The van der Waals surface area contributed by atoms with Gasteiger partial charge in [0.05, 0.1) is 29.2 Å². The highest BCUT2D eigenvalue weighted by Crippen LogP contribution is 2.58. The molecule has 0 saturated heterocycles. The van der Waals surface area contributed by atoms with E-state index >= 15 is 0 Å². The molecular formula is C41H40N2O4S4. The Kier molecular flexibility index (Phi) is 6.98. The second kappa shape index (κ2) is 11.2. The van der Waals surface area contributed by atoms with E-state index in [1.165, 1.54) is 85.3 Å². The van der Waals surface area contributed by atoms with Crippen molar-refractivity contribution >= 4 is 119 Å². The molecular weight excluding hydrogens is 713 g/mol. The summed E-state index contributed by atoms with van der Waals surface area (Å²) < 4.78 is 7.38. The first kappa shape index (κ1) is 31.8. The molecule has 262 valence electrons. The average Bonchev–Trinajstić information content (AvgIpc) is 3.96. The van der Waals surface area contributed by atoms with Gasteiger partial charge in [0.25, 0.3) is 0 Å². The summed E-state index contributed by atoms with van der Waals surface area (Å²) in [6.45, 7) is 4.36. The Labute approximate surface area is 312 Å². The van der Waals surface area contributed by atoms with Gasteiger partial charge in [0.1, 0.15) is 10.7 Å². The predicted octanol–water partition coefficient (Wildman–Crippen LogP) is 10.5. The smallest absolute Gasteiger partial charge is 0.188 e. The number of thiophene rings is 4. The molecule has 4 heterocycles. The number of carbonyl (C=O) groups excluding carboxylic acids is 4. The van der Waals surface area contributed by atoms with E-state index < -0.39 is 5.41 Å². The van der Waals surface area contributed by atoms with E-state index in [1.807, 2.05) is 0 Å². The molecule has 4 aromatic heterocycles. The lowest BCUT2D eigenvalue weighted by molar-refractivity contribution is -0.123. The summed E-state index contributed by atoms with van der Waals surface area (Å²) in [6.07, 6.45) is 15.4. The number of allylic oxidation sites excluding steroid dienone is 1. The molecule has 8 atom stereocenters. The zero-order chi connectivity index (χ0) is 34.5. The van der Waals surface area contributed by atoms with Gasteiger partial charge in [0.2, 0.25) is 0 Å². The second-order valence-corrected chi connectivity index (χ2v) is 21.3. The Morgan fingerprint density at radius 3 is 1.57 bits per heavy atom. The van der Waals surface area contributed by atoms with Gasteiger partial charge in [-0.05, 0) is 67.1 Å². The second-order valence-electron chi connectivity index (χ2n) is 17.2. The van der Waals surface area contributed by atoms with E-state index in [1.54, 1.807) is 45.3 Å². The monoisotopic (exact) mass is 752 g/mol. The van der Waals surface area contributed by atoms with Gasteiger partial charge in [-0.25, -0.2) is 9.98 Å². The Hall–Kier alpha value is -2.66. The number of Topliss-reactive ketones (excluding diaryl/α,β-unsaturated/α-hetero) is 4. The van der Waals surface area contributed by atoms with Crippen molar-refractivity contribution in [3.05, 3.63) is 22.2 Å². The first-order valence-electron chi connectivity index (χ1n) is 19.1. The summed E-state index contributed by atoms with van der Waals surface area (Å²) in [5.41, 5.74) is 2.02. The van der Waals surface area contributed by atoms with Crippen LogP contribution in [-0.2, 0) is 24.6 Å². The van der Waals surface area contributed by atoms with Gasteiger partial charge < -0.3 is 0 Å². The van der Waals surface area contributed by atoms with Crippen LogP contribution in [0.4, 0.5) is 5.00 Å². The van der Waals surface area contributed by atoms with Crippen LogP contribution >= 0.6 is 45.3 Å². The van der Waals surface area contributed by atoms with Crippen LogP contribution in [0.3, 0.4) is 0 Å². The highest BCUT2D eigenvalue weighted by Gasteiger charge is 2.54. The van der Waals surface area contributed by atoms with Crippen molar-refractivity contribution in [3.8, 4) is 0 Å². The third-order valence-electron chi connectivity index (χ3n) is 14.2. The van der Waals surface area contributed by atoms with Crippen LogP contribution in [0, 0.1) is 47.3 Å². The molecule has 8 unspecified atom stereocenters. The summed E-state index contributed by atoms with van der Waals surface area (Å²) in [7, 11) is 0. The maximum Gasteiger partial charge on any atom is 0.188 e. The van der Waals surface area contributed by atoms with Gasteiger partial charge in [-0.1, -0.05) is 65.2 Å². The number of fused-ring (bicyclic) bond motifs is 11. The van der Waals surface area contributed by atoms with E-state index in [9.17, 15) is 19.2 Å². The molecule has 6 fully saturated rings. The number of hydrogen-bond acceptors (Lipinski definition) is 10. The topological polar surface area (TPSA) is 93.0 Å². The zero-order valence-electron chi connectivity index (χ0n) is 28.9. The van der Waals surface area contributed by atoms with Crippen LogP contribution in [-0.4, -0.2) is 34.6 Å². The van der Waals surface area contributed by atoms with Crippen LogP contribution in [0.25, 0.3) is 34.3 Å². The summed E-state index contributed by atoms with van der Waals surface area (Å²) in [5, 5.41) is 0.749. The fourth-order valence-corrected chi connectivity index (χ4v) is 17.6. The normalized spacial score (nSPS) is 34.3.